The first-order valence-electron chi connectivity index (χ1n) is 9.16. The van der Waals surface area contributed by atoms with Crippen LogP contribution in [0.4, 0.5) is 0 Å². The fraction of sp³-hybridized carbons (Fsp3) is 0.286. The molecule has 3 rings (SSSR count). The van der Waals surface area contributed by atoms with Crippen LogP contribution >= 0.6 is 11.6 Å². The Hall–Kier alpha value is -2.86. The summed E-state index contributed by atoms with van der Waals surface area (Å²) >= 11 is 6.33. The highest BCUT2D eigenvalue weighted by atomic mass is 35.5. The summed E-state index contributed by atoms with van der Waals surface area (Å²) in [5, 5.41) is 12.5. The van der Waals surface area contributed by atoms with Gasteiger partial charge in [-0.15, -0.1) is 10.2 Å². The van der Waals surface area contributed by atoms with E-state index in [0.29, 0.717) is 19.6 Å². The first kappa shape index (κ1) is 19.9. The number of aromatic nitrogens is 3. The predicted molar refractivity (Wildman–Crippen MR) is 113 cm³/mol. The fourth-order valence-corrected chi connectivity index (χ4v) is 2.98. The third-order valence-electron chi connectivity index (χ3n) is 4.57. The largest absolute Gasteiger partial charge is 0.349 e. The smallest absolute Gasteiger partial charge is 0.194 e. The highest BCUT2D eigenvalue weighted by molar-refractivity contribution is 6.31. The number of hydrogen-bond acceptors (Lipinski definition) is 3. The number of guanidine groups is 1. The van der Waals surface area contributed by atoms with Crippen molar-refractivity contribution in [1.29, 1.82) is 0 Å². The van der Waals surface area contributed by atoms with Gasteiger partial charge in [0.1, 0.15) is 5.82 Å². The third-order valence-corrected chi connectivity index (χ3v) is 4.94. The third kappa shape index (κ3) is 5.10. The minimum Gasteiger partial charge on any atom is -0.349 e. The molecule has 1 N–H and O–H groups in total. The second-order valence-electron chi connectivity index (χ2n) is 6.65. The number of benzene rings is 2. The molecule has 0 unspecified atom stereocenters. The molecule has 0 saturated carbocycles. The fourth-order valence-electron chi connectivity index (χ4n) is 2.78. The van der Waals surface area contributed by atoms with E-state index in [1.165, 1.54) is 0 Å². The molecule has 7 heteroatoms. The highest BCUT2D eigenvalue weighted by Crippen LogP contribution is 2.16. The quantitative estimate of drug-likeness (QED) is 0.511. The van der Waals surface area contributed by atoms with Crippen LogP contribution in [0.25, 0.3) is 0 Å². The summed E-state index contributed by atoms with van der Waals surface area (Å²) in [5.74, 6) is 2.52. The Morgan fingerprint density at radius 2 is 1.82 bits per heavy atom. The number of aryl methyl sites for hydroxylation is 1. The Bertz CT molecular complexity index is 935. The molecule has 3 aromatic rings. The predicted octanol–water partition coefficient (Wildman–Crippen LogP) is 3.55. The molecule has 2 aromatic carbocycles. The van der Waals surface area contributed by atoms with Gasteiger partial charge in [0.05, 0.1) is 13.1 Å². The van der Waals surface area contributed by atoms with Crippen LogP contribution in [0.5, 0.6) is 0 Å². The van der Waals surface area contributed by atoms with E-state index in [1.807, 2.05) is 68.1 Å². The summed E-state index contributed by atoms with van der Waals surface area (Å²) in [6.45, 7) is 3.72. The van der Waals surface area contributed by atoms with E-state index < -0.39 is 0 Å². The summed E-state index contributed by atoms with van der Waals surface area (Å²) in [6.07, 6.45) is 0. The van der Waals surface area contributed by atoms with Crippen molar-refractivity contribution in [2.24, 2.45) is 12.0 Å². The number of aliphatic imine (C=N–C) groups is 1. The molecule has 6 nitrogen and oxygen atoms in total. The molecule has 0 aliphatic rings. The van der Waals surface area contributed by atoms with Crippen LogP contribution in [-0.2, 0) is 26.7 Å². The first-order valence-corrected chi connectivity index (χ1v) is 9.54. The van der Waals surface area contributed by atoms with E-state index in [-0.39, 0.29) is 0 Å². The van der Waals surface area contributed by atoms with Crippen LogP contribution in [0.1, 0.15) is 22.8 Å². The Labute approximate surface area is 170 Å². The Kier molecular flexibility index (Phi) is 6.66. The van der Waals surface area contributed by atoms with Gasteiger partial charge in [-0.3, -0.25) is 0 Å². The number of nitrogens with zero attached hydrogens (tertiary/aromatic N) is 5. The van der Waals surface area contributed by atoms with Crippen LogP contribution in [0.3, 0.4) is 0 Å². The van der Waals surface area contributed by atoms with E-state index in [9.17, 15) is 0 Å². The monoisotopic (exact) mass is 396 g/mol. The van der Waals surface area contributed by atoms with Gasteiger partial charge in [-0.05, 0) is 24.1 Å². The zero-order chi connectivity index (χ0) is 19.9. The lowest BCUT2D eigenvalue weighted by atomic mass is 10.2. The molecule has 1 heterocycles. The van der Waals surface area contributed by atoms with Crippen molar-refractivity contribution in [2.45, 2.75) is 26.6 Å². The van der Waals surface area contributed by atoms with E-state index in [4.69, 9.17) is 16.6 Å². The lowest BCUT2D eigenvalue weighted by molar-refractivity contribution is 0.472. The standard InChI is InChI=1S/C21H25ClN6/c1-16-25-26-20(28(16)3)14-24-21(23-13-17-9-5-4-6-10-17)27(2)15-18-11-7-8-12-19(18)22/h4-12H,13-15H2,1-3H3,(H,23,24). The Morgan fingerprint density at radius 1 is 1.11 bits per heavy atom. The average molecular weight is 397 g/mol. The van der Waals surface area contributed by atoms with Gasteiger partial charge in [0.2, 0.25) is 0 Å². The lowest BCUT2D eigenvalue weighted by Gasteiger charge is -2.23. The molecule has 0 atom stereocenters. The molecule has 0 radical (unpaired) electrons. The van der Waals surface area contributed by atoms with Crippen LogP contribution < -0.4 is 5.32 Å². The molecule has 0 aliphatic heterocycles. The number of nitrogens with one attached hydrogen (secondary N) is 1. The summed E-state index contributed by atoms with van der Waals surface area (Å²) in [7, 11) is 3.96. The summed E-state index contributed by atoms with van der Waals surface area (Å²) in [4.78, 5) is 6.87. The molecule has 0 fully saturated rings. The number of rotatable bonds is 6. The minimum absolute atomic E-state index is 0.540. The van der Waals surface area contributed by atoms with Crippen LogP contribution in [0, 0.1) is 6.92 Å². The van der Waals surface area contributed by atoms with Gasteiger partial charge < -0.3 is 14.8 Å². The molecule has 0 amide bonds. The molecule has 28 heavy (non-hydrogen) atoms. The number of halogens is 1. The summed E-state index contributed by atoms with van der Waals surface area (Å²) in [5.41, 5.74) is 2.21. The number of hydrogen-bond donors (Lipinski definition) is 1. The van der Waals surface area contributed by atoms with Crippen molar-refractivity contribution >= 4 is 17.6 Å². The van der Waals surface area contributed by atoms with Gasteiger partial charge in [-0.1, -0.05) is 60.1 Å². The van der Waals surface area contributed by atoms with Crippen molar-refractivity contribution in [1.82, 2.24) is 25.0 Å². The first-order chi connectivity index (χ1) is 13.5. The van der Waals surface area contributed by atoms with E-state index in [2.05, 4.69) is 32.5 Å². The van der Waals surface area contributed by atoms with Gasteiger partial charge in [-0.2, -0.15) is 0 Å². The van der Waals surface area contributed by atoms with Crippen molar-refractivity contribution in [2.75, 3.05) is 7.05 Å². The van der Waals surface area contributed by atoms with Gasteiger partial charge in [0, 0.05) is 25.7 Å². The normalized spacial score (nSPS) is 11.5. The molecule has 0 spiro atoms. The SMILES string of the molecule is Cc1nnc(CNC(=NCc2ccccc2)N(C)Cc2ccccc2Cl)n1C. The average Bonchev–Trinajstić information content (AvgIpc) is 3.02. The maximum Gasteiger partial charge on any atom is 0.194 e. The van der Waals surface area contributed by atoms with Crippen LogP contribution in [0.2, 0.25) is 5.02 Å². The second kappa shape index (κ2) is 9.37. The Morgan fingerprint density at radius 3 is 2.50 bits per heavy atom. The van der Waals surface area contributed by atoms with Crippen LogP contribution in [0.15, 0.2) is 59.6 Å². The summed E-state index contributed by atoms with van der Waals surface area (Å²) in [6, 6.07) is 18.0. The molecule has 0 saturated heterocycles. The molecule has 146 valence electrons. The molecular formula is C21H25ClN6. The van der Waals surface area contributed by atoms with E-state index >= 15 is 0 Å². The zero-order valence-electron chi connectivity index (χ0n) is 16.4. The van der Waals surface area contributed by atoms with Gasteiger partial charge >= 0.3 is 0 Å². The topological polar surface area (TPSA) is 58.3 Å². The summed E-state index contributed by atoms with van der Waals surface area (Å²) < 4.78 is 1.97. The van der Waals surface area contributed by atoms with Crippen LogP contribution in [-0.4, -0.2) is 32.7 Å². The van der Waals surface area contributed by atoms with Gasteiger partial charge in [-0.25, -0.2) is 4.99 Å². The Balaban J connectivity index is 1.76. The lowest BCUT2D eigenvalue weighted by Crippen LogP contribution is -2.38. The van der Waals surface area contributed by atoms with Gasteiger partial charge in [0.25, 0.3) is 0 Å². The van der Waals surface area contributed by atoms with Crippen molar-refractivity contribution in [3.05, 3.63) is 82.4 Å². The maximum absolute atomic E-state index is 6.33. The maximum atomic E-state index is 6.33. The van der Waals surface area contributed by atoms with E-state index in [0.717, 1.165) is 33.8 Å². The second-order valence-corrected chi connectivity index (χ2v) is 7.06. The molecular weight excluding hydrogens is 372 g/mol. The molecule has 0 aliphatic carbocycles. The molecule has 1 aromatic heterocycles. The minimum atomic E-state index is 0.540. The van der Waals surface area contributed by atoms with Gasteiger partial charge in [0.15, 0.2) is 11.8 Å². The zero-order valence-corrected chi connectivity index (χ0v) is 17.2. The van der Waals surface area contributed by atoms with Crippen molar-refractivity contribution < 1.29 is 0 Å². The van der Waals surface area contributed by atoms with E-state index in [1.54, 1.807) is 0 Å². The molecule has 0 bridgehead atoms. The van der Waals surface area contributed by atoms with Crippen molar-refractivity contribution in [3.8, 4) is 0 Å². The highest BCUT2D eigenvalue weighted by Gasteiger charge is 2.11. The van der Waals surface area contributed by atoms with Crippen molar-refractivity contribution in [3.63, 3.8) is 0 Å².